The van der Waals surface area contributed by atoms with Gasteiger partial charge in [0.15, 0.2) is 0 Å². The number of nitrogens with zero attached hydrogens (tertiary/aromatic N) is 1. The van der Waals surface area contributed by atoms with Crippen molar-refractivity contribution in [3.8, 4) is 0 Å². The molecule has 0 amide bonds. The summed E-state index contributed by atoms with van der Waals surface area (Å²) in [5.74, 6) is -0.908. The average Bonchev–Trinajstić information content (AvgIpc) is 2.01. The summed E-state index contributed by atoms with van der Waals surface area (Å²) in [4.78, 5) is 15.0. The van der Waals surface area contributed by atoms with Crippen molar-refractivity contribution < 1.29 is 9.90 Å². The largest absolute Gasteiger partial charge is 0.478 e. The highest BCUT2D eigenvalue weighted by Gasteiger charge is 2.14. The van der Waals surface area contributed by atoms with Gasteiger partial charge in [-0.1, -0.05) is 0 Å². The molecule has 0 aliphatic heterocycles. The first-order valence-electron chi connectivity index (χ1n) is 3.81. The fourth-order valence-corrected chi connectivity index (χ4v) is 1.90. The minimum absolute atomic E-state index is 0.318. The number of thioether (sulfide) groups is 1. The molecule has 0 aliphatic rings. The molecular formula is C9H11NO2S. The summed E-state index contributed by atoms with van der Waals surface area (Å²) in [7, 11) is 0. The number of carboxylic acids is 1. The summed E-state index contributed by atoms with van der Waals surface area (Å²) in [5.41, 5.74) is 1.94. The molecule has 0 spiro atoms. The number of rotatable bonds is 2. The minimum atomic E-state index is -0.908. The van der Waals surface area contributed by atoms with Gasteiger partial charge in [-0.25, -0.2) is 9.78 Å². The second-order valence-corrected chi connectivity index (χ2v) is 3.56. The summed E-state index contributed by atoms with van der Waals surface area (Å²) in [6.07, 6.45) is 1.83. The molecule has 0 aromatic carbocycles. The van der Waals surface area contributed by atoms with E-state index < -0.39 is 5.97 Å². The summed E-state index contributed by atoms with van der Waals surface area (Å²) >= 11 is 1.36. The Labute approximate surface area is 81.2 Å². The van der Waals surface area contributed by atoms with Crippen LogP contribution in [0.3, 0.4) is 0 Å². The lowest BCUT2D eigenvalue weighted by Gasteiger charge is -2.06. The standard InChI is InChI=1S/C9H11NO2S/c1-5-4-6(2)10-8(13-3)7(5)9(11)12/h4H,1-3H3,(H,11,12). The highest BCUT2D eigenvalue weighted by molar-refractivity contribution is 7.98. The van der Waals surface area contributed by atoms with E-state index in [9.17, 15) is 4.79 Å². The van der Waals surface area contributed by atoms with Crippen molar-refractivity contribution in [2.75, 3.05) is 6.26 Å². The SMILES string of the molecule is CSc1nc(C)cc(C)c1C(=O)O. The van der Waals surface area contributed by atoms with Crippen molar-refractivity contribution in [1.82, 2.24) is 4.98 Å². The van der Waals surface area contributed by atoms with Gasteiger partial charge in [-0.15, -0.1) is 11.8 Å². The van der Waals surface area contributed by atoms with E-state index in [2.05, 4.69) is 4.98 Å². The Kier molecular flexibility index (Phi) is 2.93. The summed E-state index contributed by atoms with van der Waals surface area (Å²) in [5, 5.41) is 9.50. The summed E-state index contributed by atoms with van der Waals surface area (Å²) in [6.45, 7) is 3.65. The van der Waals surface area contributed by atoms with Gasteiger partial charge in [-0.2, -0.15) is 0 Å². The number of carboxylic acid groups (broad SMARTS) is 1. The van der Waals surface area contributed by atoms with Crippen LogP contribution in [0.15, 0.2) is 11.1 Å². The first-order valence-corrected chi connectivity index (χ1v) is 5.04. The predicted octanol–water partition coefficient (Wildman–Crippen LogP) is 2.12. The molecule has 0 radical (unpaired) electrons. The maximum Gasteiger partial charge on any atom is 0.338 e. The van der Waals surface area contributed by atoms with Crippen LogP contribution < -0.4 is 0 Å². The van der Waals surface area contributed by atoms with Gasteiger partial charge in [0.1, 0.15) is 5.03 Å². The van der Waals surface area contributed by atoms with Gasteiger partial charge < -0.3 is 5.11 Å². The van der Waals surface area contributed by atoms with Gasteiger partial charge in [-0.3, -0.25) is 0 Å². The zero-order chi connectivity index (χ0) is 10.0. The number of aryl methyl sites for hydroxylation is 2. The van der Waals surface area contributed by atoms with Crippen LogP contribution in [0.2, 0.25) is 0 Å². The van der Waals surface area contributed by atoms with E-state index in [1.165, 1.54) is 11.8 Å². The van der Waals surface area contributed by atoms with Gasteiger partial charge in [0.25, 0.3) is 0 Å². The smallest absolute Gasteiger partial charge is 0.338 e. The minimum Gasteiger partial charge on any atom is -0.478 e. The maximum absolute atomic E-state index is 10.9. The van der Waals surface area contributed by atoms with Crippen molar-refractivity contribution in [3.05, 3.63) is 22.9 Å². The predicted molar refractivity (Wildman–Crippen MR) is 52.5 cm³/mol. The molecule has 1 N–H and O–H groups in total. The Morgan fingerprint density at radius 2 is 2.15 bits per heavy atom. The topological polar surface area (TPSA) is 50.2 Å². The van der Waals surface area contributed by atoms with E-state index in [1.807, 2.05) is 13.2 Å². The van der Waals surface area contributed by atoms with Crippen molar-refractivity contribution >= 4 is 17.7 Å². The van der Waals surface area contributed by atoms with Crippen molar-refractivity contribution in [2.45, 2.75) is 18.9 Å². The Morgan fingerprint density at radius 3 is 2.62 bits per heavy atom. The molecule has 1 aromatic heterocycles. The molecule has 4 heteroatoms. The Morgan fingerprint density at radius 1 is 1.54 bits per heavy atom. The van der Waals surface area contributed by atoms with E-state index in [4.69, 9.17) is 5.11 Å². The van der Waals surface area contributed by atoms with Crippen molar-refractivity contribution in [3.63, 3.8) is 0 Å². The van der Waals surface area contributed by atoms with E-state index in [0.29, 0.717) is 10.6 Å². The summed E-state index contributed by atoms with van der Waals surface area (Å²) < 4.78 is 0. The molecule has 0 aliphatic carbocycles. The van der Waals surface area contributed by atoms with Crippen LogP contribution in [0.4, 0.5) is 0 Å². The molecule has 0 saturated heterocycles. The molecule has 1 aromatic rings. The third kappa shape index (κ3) is 2.01. The molecule has 0 fully saturated rings. The van der Waals surface area contributed by atoms with Crippen LogP contribution in [0.25, 0.3) is 0 Å². The van der Waals surface area contributed by atoms with E-state index >= 15 is 0 Å². The highest BCUT2D eigenvalue weighted by Crippen LogP contribution is 2.21. The molecule has 0 bridgehead atoms. The molecule has 1 heterocycles. The summed E-state index contributed by atoms with van der Waals surface area (Å²) in [6, 6.07) is 1.78. The molecule has 0 unspecified atom stereocenters. The highest BCUT2D eigenvalue weighted by atomic mass is 32.2. The lowest BCUT2D eigenvalue weighted by Crippen LogP contribution is -2.04. The Balaban J connectivity index is 3.38. The van der Waals surface area contributed by atoms with E-state index in [0.717, 1.165) is 11.3 Å². The van der Waals surface area contributed by atoms with Crippen LogP contribution in [-0.4, -0.2) is 22.3 Å². The van der Waals surface area contributed by atoms with Crippen molar-refractivity contribution in [1.29, 1.82) is 0 Å². The van der Waals surface area contributed by atoms with Crippen LogP contribution in [-0.2, 0) is 0 Å². The maximum atomic E-state index is 10.9. The van der Waals surface area contributed by atoms with Gasteiger partial charge in [-0.05, 0) is 31.7 Å². The molecule has 0 atom stereocenters. The molecule has 3 nitrogen and oxygen atoms in total. The van der Waals surface area contributed by atoms with Gasteiger partial charge in [0.2, 0.25) is 0 Å². The van der Waals surface area contributed by atoms with Crippen LogP contribution in [0, 0.1) is 13.8 Å². The third-order valence-corrected chi connectivity index (χ3v) is 2.40. The fourth-order valence-electron chi connectivity index (χ4n) is 1.21. The van der Waals surface area contributed by atoms with Crippen molar-refractivity contribution in [2.24, 2.45) is 0 Å². The fraction of sp³-hybridized carbons (Fsp3) is 0.333. The molecule has 0 saturated carbocycles. The number of aromatic carboxylic acids is 1. The first-order chi connectivity index (χ1) is 6.06. The quantitative estimate of drug-likeness (QED) is 0.738. The Hall–Kier alpha value is -1.03. The number of carbonyl (C=O) groups is 1. The van der Waals surface area contributed by atoms with Crippen LogP contribution >= 0.6 is 11.8 Å². The lowest BCUT2D eigenvalue weighted by atomic mass is 10.1. The third-order valence-electron chi connectivity index (χ3n) is 1.72. The Bertz CT molecular complexity index is 350. The zero-order valence-electron chi connectivity index (χ0n) is 7.79. The second kappa shape index (κ2) is 3.79. The molecular weight excluding hydrogens is 186 g/mol. The first kappa shape index (κ1) is 10.1. The average molecular weight is 197 g/mol. The molecule has 70 valence electrons. The molecule has 13 heavy (non-hydrogen) atoms. The number of aromatic nitrogens is 1. The van der Waals surface area contributed by atoms with Gasteiger partial charge in [0.05, 0.1) is 5.56 Å². The van der Waals surface area contributed by atoms with Gasteiger partial charge >= 0.3 is 5.97 Å². The second-order valence-electron chi connectivity index (χ2n) is 2.77. The lowest BCUT2D eigenvalue weighted by molar-refractivity contribution is 0.0691. The normalized spacial score (nSPS) is 10.1. The van der Waals surface area contributed by atoms with Crippen LogP contribution in [0.1, 0.15) is 21.6 Å². The zero-order valence-corrected chi connectivity index (χ0v) is 8.60. The number of hydrogen-bond donors (Lipinski definition) is 1. The molecule has 1 rings (SSSR count). The number of pyridine rings is 1. The monoisotopic (exact) mass is 197 g/mol. The van der Waals surface area contributed by atoms with E-state index in [1.54, 1.807) is 13.0 Å². The van der Waals surface area contributed by atoms with Crippen LogP contribution in [0.5, 0.6) is 0 Å². The van der Waals surface area contributed by atoms with Gasteiger partial charge in [0, 0.05) is 5.69 Å². The number of hydrogen-bond acceptors (Lipinski definition) is 3. The van der Waals surface area contributed by atoms with E-state index in [-0.39, 0.29) is 0 Å².